The zero-order chi connectivity index (χ0) is 13.3. The highest BCUT2D eigenvalue weighted by atomic mass is 32.2. The van der Waals surface area contributed by atoms with Gasteiger partial charge in [0, 0.05) is 0 Å². The van der Waals surface area contributed by atoms with E-state index in [0.29, 0.717) is 6.42 Å². The molecule has 0 aliphatic rings. The molecule has 0 saturated carbocycles. The lowest BCUT2D eigenvalue weighted by Gasteiger charge is -2.13. The Morgan fingerprint density at radius 1 is 1.06 bits per heavy atom. The molecule has 2 aromatic carbocycles. The Hall–Kier alpha value is -1.39. The Morgan fingerprint density at radius 3 is 2.33 bits per heavy atom. The summed E-state index contributed by atoms with van der Waals surface area (Å²) in [7, 11) is -3.66. The van der Waals surface area contributed by atoms with Crippen molar-refractivity contribution >= 4 is 20.8 Å². The number of benzene rings is 2. The molecular formula is C14H17NO2S. The quantitative estimate of drug-likeness (QED) is 0.925. The first-order valence-electron chi connectivity index (χ1n) is 6.05. The molecule has 0 heterocycles. The second-order valence-electron chi connectivity index (χ2n) is 4.31. The average molecular weight is 263 g/mol. The van der Waals surface area contributed by atoms with Gasteiger partial charge in [0.1, 0.15) is 0 Å². The molecule has 2 N–H and O–H groups in total. The fraction of sp³-hybridized carbons (Fsp3) is 0.286. The van der Waals surface area contributed by atoms with Gasteiger partial charge in [0.15, 0.2) is 0 Å². The van der Waals surface area contributed by atoms with Crippen LogP contribution in [0.2, 0.25) is 0 Å². The molecule has 96 valence electrons. The van der Waals surface area contributed by atoms with E-state index in [-0.39, 0.29) is 4.90 Å². The van der Waals surface area contributed by atoms with Gasteiger partial charge in [-0.1, -0.05) is 38.1 Å². The van der Waals surface area contributed by atoms with Gasteiger partial charge in [0.2, 0.25) is 10.0 Å². The van der Waals surface area contributed by atoms with E-state index in [4.69, 9.17) is 5.14 Å². The third kappa shape index (κ3) is 2.13. The average Bonchev–Trinajstić information content (AvgIpc) is 2.35. The van der Waals surface area contributed by atoms with Crippen molar-refractivity contribution in [1.82, 2.24) is 0 Å². The van der Waals surface area contributed by atoms with E-state index in [2.05, 4.69) is 6.92 Å². The smallest absolute Gasteiger partial charge is 0.225 e. The molecule has 0 saturated heterocycles. The van der Waals surface area contributed by atoms with Crippen molar-refractivity contribution < 1.29 is 8.42 Å². The van der Waals surface area contributed by atoms with Gasteiger partial charge >= 0.3 is 0 Å². The van der Waals surface area contributed by atoms with Crippen LogP contribution in [0.3, 0.4) is 0 Å². The summed E-state index contributed by atoms with van der Waals surface area (Å²) in [5, 5.41) is 7.39. The van der Waals surface area contributed by atoms with Crippen LogP contribution in [0.1, 0.15) is 25.0 Å². The molecular weight excluding hydrogens is 246 g/mol. The van der Waals surface area contributed by atoms with Crippen molar-refractivity contribution in [1.29, 1.82) is 0 Å². The molecule has 0 bridgehead atoms. The summed E-state index contributed by atoms with van der Waals surface area (Å²) in [5.74, 6) is 0. The van der Waals surface area contributed by atoms with Crippen molar-refractivity contribution in [2.24, 2.45) is 5.14 Å². The van der Waals surface area contributed by atoms with E-state index < -0.39 is 10.0 Å². The Bertz CT molecular complexity index is 690. The summed E-state index contributed by atoms with van der Waals surface area (Å²) in [6.45, 7) is 4.02. The number of primary sulfonamides is 1. The van der Waals surface area contributed by atoms with Crippen LogP contribution in [0.4, 0.5) is 0 Å². The summed E-state index contributed by atoms with van der Waals surface area (Å²) >= 11 is 0. The van der Waals surface area contributed by atoms with Crippen LogP contribution < -0.4 is 5.14 Å². The van der Waals surface area contributed by atoms with E-state index >= 15 is 0 Å². The minimum Gasteiger partial charge on any atom is -0.225 e. The zero-order valence-corrected chi connectivity index (χ0v) is 11.4. The Morgan fingerprint density at radius 2 is 1.78 bits per heavy atom. The molecule has 2 rings (SSSR count). The molecule has 18 heavy (non-hydrogen) atoms. The molecule has 0 amide bonds. The van der Waals surface area contributed by atoms with Crippen molar-refractivity contribution in [2.75, 3.05) is 0 Å². The van der Waals surface area contributed by atoms with Crippen LogP contribution in [-0.2, 0) is 22.9 Å². The number of nitrogens with two attached hydrogens (primary N) is 1. The van der Waals surface area contributed by atoms with Crippen molar-refractivity contribution in [2.45, 2.75) is 31.6 Å². The molecule has 0 spiro atoms. The fourth-order valence-corrected chi connectivity index (χ4v) is 3.28. The lowest BCUT2D eigenvalue weighted by atomic mass is 9.96. The Labute approximate surface area is 108 Å². The largest absolute Gasteiger partial charge is 0.238 e. The van der Waals surface area contributed by atoms with Crippen LogP contribution in [0.5, 0.6) is 0 Å². The second kappa shape index (κ2) is 4.71. The lowest BCUT2D eigenvalue weighted by molar-refractivity contribution is 0.597. The van der Waals surface area contributed by atoms with E-state index in [1.54, 1.807) is 6.07 Å². The molecule has 0 radical (unpaired) electrons. The van der Waals surface area contributed by atoms with Gasteiger partial charge in [-0.3, -0.25) is 0 Å². The molecule has 0 fully saturated rings. The molecule has 0 unspecified atom stereocenters. The highest BCUT2D eigenvalue weighted by molar-refractivity contribution is 7.89. The van der Waals surface area contributed by atoms with Gasteiger partial charge in [-0.05, 0) is 40.8 Å². The summed E-state index contributed by atoms with van der Waals surface area (Å²) in [6.07, 6.45) is 1.53. The highest BCUT2D eigenvalue weighted by Gasteiger charge is 2.16. The van der Waals surface area contributed by atoms with Crippen LogP contribution in [0, 0.1) is 0 Å². The van der Waals surface area contributed by atoms with E-state index in [9.17, 15) is 8.42 Å². The van der Waals surface area contributed by atoms with Gasteiger partial charge in [-0.25, -0.2) is 13.6 Å². The number of hydrogen-bond acceptors (Lipinski definition) is 2. The van der Waals surface area contributed by atoms with Gasteiger partial charge < -0.3 is 0 Å². The lowest BCUT2D eigenvalue weighted by Crippen LogP contribution is -2.14. The zero-order valence-electron chi connectivity index (χ0n) is 10.6. The molecule has 0 aliphatic heterocycles. The first-order valence-corrected chi connectivity index (χ1v) is 7.60. The Balaban J connectivity index is 2.95. The van der Waals surface area contributed by atoms with Crippen LogP contribution in [0.15, 0.2) is 35.2 Å². The number of aryl methyl sites for hydroxylation is 2. The maximum Gasteiger partial charge on any atom is 0.238 e. The predicted octanol–water partition coefficient (Wildman–Crippen LogP) is 2.61. The monoisotopic (exact) mass is 263 g/mol. The minimum absolute atomic E-state index is 0.249. The van der Waals surface area contributed by atoms with Crippen LogP contribution >= 0.6 is 0 Å². The van der Waals surface area contributed by atoms with Gasteiger partial charge in [-0.15, -0.1) is 0 Å². The number of hydrogen-bond donors (Lipinski definition) is 1. The molecule has 4 heteroatoms. The molecule has 0 aliphatic carbocycles. The summed E-state index contributed by atoms with van der Waals surface area (Å²) in [4.78, 5) is 0.249. The van der Waals surface area contributed by atoms with Crippen molar-refractivity contribution in [3.8, 4) is 0 Å². The third-order valence-electron chi connectivity index (χ3n) is 3.24. The second-order valence-corrected chi connectivity index (χ2v) is 5.84. The van der Waals surface area contributed by atoms with E-state index in [1.165, 1.54) is 0 Å². The fourth-order valence-electron chi connectivity index (χ4n) is 2.43. The van der Waals surface area contributed by atoms with Gasteiger partial charge in [-0.2, -0.15) is 0 Å². The van der Waals surface area contributed by atoms with Gasteiger partial charge in [0.25, 0.3) is 0 Å². The standard InChI is InChI=1S/C14H17NO2S/c1-3-10-6-5-7-11-8-9-13(18(15,16)17)12(4-2)14(10)11/h5-9H,3-4H2,1-2H3,(H2,15,16,17). The maximum atomic E-state index is 11.6. The predicted molar refractivity (Wildman–Crippen MR) is 74.1 cm³/mol. The minimum atomic E-state index is -3.66. The first kappa shape index (κ1) is 13.1. The number of rotatable bonds is 3. The third-order valence-corrected chi connectivity index (χ3v) is 4.23. The van der Waals surface area contributed by atoms with E-state index in [0.717, 1.165) is 28.3 Å². The SMILES string of the molecule is CCc1cccc2ccc(S(N)(=O)=O)c(CC)c12. The van der Waals surface area contributed by atoms with Crippen LogP contribution in [0.25, 0.3) is 10.8 Å². The molecule has 2 aromatic rings. The summed E-state index contributed by atoms with van der Waals surface area (Å²) in [5.41, 5.74) is 1.99. The molecule has 0 atom stereocenters. The summed E-state index contributed by atoms with van der Waals surface area (Å²) < 4.78 is 23.3. The van der Waals surface area contributed by atoms with Crippen LogP contribution in [-0.4, -0.2) is 8.42 Å². The normalized spacial score (nSPS) is 11.9. The number of sulfonamides is 1. The van der Waals surface area contributed by atoms with Gasteiger partial charge in [0.05, 0.1) is 4.90 Å². The Kier molecular flexibility index (Phi) is 3.41. The molecule has 0 aromatic heterocycles. The molecule has 3 nitrogen and oxygen atoms in total. The van der Waals surface area contributed by atoms with E-state index in [1.807, 2.05) is 31.2 Å². The van der Waals surface area contributed by atoms with Crippen molar-refractivity contribution in [3.05, 3.63) is 41.5 Å². The van der Waals surface area contributed by atoms with Crippen molar-refractivity contribution in [3.63, 3.8) is 0 Å². The first-order chi connectivity index (χ1) is 8.49. The number of fused-ring (bicyclic) bond motifs is 1. The maximum absolute atomic E-state index is 11.6. The summed E-state index contributed by atoms with van der Waals surface area (Å²) in [6, 6.07) is 9.47. The topological polar surface area (TPSA) is 60.2 Å². The highest BCUT2D eigenvalue weighted by Crippen LogP contribution is 2.29.